The molecule has 2 heterocycles. The number of carbonyl (C=O) groups is 1. The Bertz CT molecular complexity index is 717. The van der Waals surface area contributed by atoms with Crippen LogP contribution in [0.3, 0.4) is 0 Å². The van der Waals surface area contributed by atoms with Crippen molar-refractivity contribution in [2.45, 2.75) is 44.0 Å². The van der Waals surface area contributed by atoms with Crippen LogP contribution in [0.15, 0.2) is 29.2 Å². The van der Waals surface area contributed by atoms with Gasteiger partial charge in [0, 0.05) is 50.9 Å². The van der Waals surface area contributed by atoms with Crippen LogP contribution in [-0.2, 0) is 10.0 Å². The summed E-state index contributed by atoms with van der Waals surface area (Å²) in [5.74, 6) is -0.0182. The van der Waals surface area contributed by atoms with Crippen molar-refractivity contribution in [3.8, 4) is 0 Å². The highest BCUT2D eigenvalue weighted by molar-refractivity contribution is 7.89. The minimum absolute atomic E-state index is 0.0182. The minimum atomic E-state index is -3.44. The molecule has 2 fully saturated rings. The second kappa shape index (κ2) is 8.06. The van der Waals surface area contributed by atoms with Crippen LogP contribution in [0.25, 0.3) is 0 Å². The molecular weight excluding hydrogens is 350 g/mol. The number of piperazine rings is 1. The molecule has 2 aliphatic heterocycles. The largest absolute Gasteiger partial charge is 0.336 e. The topological polar surface area (TPSA) is 60.9 Å². The first-order valence-corrected chi connectivity index (χ1v) is 11.0. The molecule has 144 valence electrons. The molecule has 0 spiro atoms. The molecule has 1 aromatic rings. The zero-order chi connectivity index (χ0) is 18.7. The predicted molar refractivity (Wildman–Crippen MR) is 102 cm³/mol. The molecule has 0 aliphatic carbocycles. The molecule has 0 atom stereocenters. The number of carbonyl (C=O) groups excluding carboxylic acids is 1. The highest BCUT2D eigenvalue weighted by Crippen LogP contribution is 2.21. The molecule has 0 unspecified atom stereocenters. The van der Waals surface area contributed by atoms with Crippen molar-refractivity contribution in [2.75, 3.05) is 39.3 Å². The van der Waals surface area contributed by atoms with E-state index in [0.29, 0.717) is 37.8 Å². The van der Waals surface area contributed by atoms with Crippen LogP contribution < -0.4 is 0 Å². The average molecular weight is 380 g/mol. The highest BCUT2D eigenvalue weighted by Gasteiger charge is 2.27. The molecule has 0 saturated carbocycles. The average Bonchev–Trinajstić information content (AvgIpc) is 2.68. The van der Waals surface area contributed by atoms with E-state index >= 15 is 0 Å². The Hall–Kier alpha value is -1.44. The molecule has 3 rings (SSSR count). The molecule has 0 N–H and O–H groups in total. The molecule has 6 nitrogen and oxygen atoms in total. The fourth-order valence-electron chi connectivity index (χ4n) is 3.65. The summed E-state index contributed by atoms with van der Waals surface area (Å²) in [4.78, 5) is 17.2. The van der Waals surface area contributed by atoms with Crippen molar-refractivity contribution in [3.05, 3.63) is 29.8 Å². The van der Waals surface area contributed by atoms with Crippen LogP contribution in [-0.4, -0.2) is 73.7 Å². The van der Waals surface area contributed by atoms with Gasteiger partial charge in [0.2, 0.25) is 10.0 Å². The molecule has 0 aromatic heterocycles. The third-order valence-corrected chi connectivity index (χ3v) is 7.30. The van der Waals surface area contributed by atoms with Gasteiger partial charge in [0.15, 0.2) is 0 Å². The van der Waals surface area contributed by atoms with E-state index < -0.39 is 10.0 Å². The second-order valence-electron chi connectivity index (χ2n) is 7.41. The van der Waals surface area contributed by atoms with Crippen LogP contribution >= 0.6 is 0 Å². The maximum absolute atomic E-state index is 12.7. The number of benzene rings is 1. The van der Waals surface area contributed by atoms with Gasteiger partial charge >= 0.3 is 0 Å². The summed E-state index contributed by atoms with van der Waals surface area (Å²) in [6, 6.07) is 6.93. The standard InChI is InChI=1S/C19H29N3O3S/c1-16(2)20-12-14-21(15-13-20)19(23)17-6-8-18(9-7-17)26(24,25)22-10-4-3-5-11-22/h6-9,16H,3-5,10-15H2,1-2H3. The Labute approximate surface area is 156 Å². The van der Waals surface area contributed by atoms with Crippen LogP contribution in [0.2, 0.25) is 0 Å². The van der Waals surface area contributed by atoms with Crippen molar-refractivity contribution in [1.82, 2.24) is 14.1 Å². The summed E-state index contributed by atoms with van der Waals surface area (Å²) in [6.45, 7) is 8.69. The fraction of sp³-hybridized carbons (Fsp3) is 0.632. The minimum Gasteiger partial charge on any atom is -0.336 e. The molecule has 26 heavy (non-hydrogen) atoms. The summed E-state index contributed by atoms with van der Waals surface area (Å²) < 4.78 is 26.9. The number of piperidine rings is 1. The number of hydrogen-bond acceptors (Lipinski definition) is 4. The number of rotatable bonds is 4. The maximum atomic E-state index is 12.7. The Kier molecular flexibility index (Phi) is 5.99. The van der Waals surface area contributed by atoms with Gasteiger partial charge in [-0.25, -0.2) is 8.42 Å². The lowest BCUT2D eigenvalue weighted by Gasteiger charge is -2.37. The van der Waals surface area contributed by atoms with Crippen molar-refractivity contribution < 1.29 is 13.2 Å². The van der Waals surface area contributed by atoms with Crippen molar-refractivity contribution in [1.29, 1.82) is 0 Å². The Balaban J connectivity index is 1.66. The van der Waals surface area contributed by atoms with E-state index in [2.05, 4.69) is 18.7 Å². The quantitative estimate of drug-likeness (QED) is 0.803. The number of sulfonamides is 1. The SMILES string of the molecule is CC(C)N1CCN(C(=O)c2ccc(S(=O)(=O)N3CCCCC3)cc2)CC1. The van der Waals surface area contributed by atoms with Gasteiger partial charge in [0.05, 0.1) is 4.90 Å². The first-order valence-electron chi connectivity index (χ1n) is 9.53. The van der Waals surface area contributed by atoms with Crippen molar-refractivity contribution in [2.24, 2.45) is 0 Å². The van der Waals surface area contributed by atoms with E-state index in [0.717, 1.165) is 32.4 Å². The van der Waals surface area contributed by atoms with Crippen molar-refractivity contribution >= 4 is 15.9 Å². The molecule has 1 amide bonds. The first kappa shape index (κ1) is 19.3. The van der Waals surface area contributed by atoms with Crippen molar-refractivity contribution in [3.63, 3.8) is 0 Å². The van der Waals surface area contributed by atoms with Gasteiger partial charge in [-0.3, -0.25) is 9.69 Å². The lowest BCUT2D eigenvalue weighted by molar-refractivity contribution is 0.0595. The van der Waals surface area contributed by atoms with Gasteiger partial charge < -0.3 is 4.90 Å². The number of amides is 1. The maximum Gasteiger partial charge on any atom is 0.253 e. The summed E-state index contributed by atoms with van der Waals surface area (Å²) in [6.07, 6.45) is 2.92. The van der Waals surface area contributed by atoms with Gasteiger partial charge in [0.1, 0.15) is 0 Å². The highest BCUT2D eigenvalue weighted by atomic mass is 32.2. The van der Waals surface area contributed by atoms with E-state index in [4.69, 9.17) is 0 Å². The zero-order valence-corrected chi connectivity index (χ0v) is 16.5. The lowest BCUT2D eigenvalue weighted by atomic mass is 10.1. The number of nitrogens with zero attached hydrogens (tertiary/aromatic N) is 3. The van der Waals surface area contributed by atoms with Crippen LogP contribution in [0.4, 0.5) is 0 Å². The van der Waals surface area contributed by atoms with Crippen LogP contribution in [0, 0.1) is 0 Å². The second-order valence-corrected chi connectivity index (χ2v) is 9.35. The van der Waals surface area contributed by atoms with Gasteiger partial charge in [-0.2, -0.15) is 4.31 Å². The lowest BCUT2D eigenvalue weighted by Crippen LogP contribution is -2.50. The molecule has 2 aliphatic rings. The first-order chi connectivity index (χ1) is 12.4. The van der Waals surface area contributed by atoms with E-state index in [1.807, 2.05) is 4.90 Å². The molecule has 0 radical (unpaired) electrons. The molecule has 7 heteroatoms. The number of hydrogen-bond donors (Lipinski definition) is 0. The van der Waals surface area contributed by atoms with E-state index in [1.165, 1.54) is 0 Å². The summed E-state index contributed by atoms with van der Waals surface area (Å²) in [7, 11) is -3.44. The summed E-state index contributed by atoms with van der Waals surface area (Å²) >= 11 is 0. The third-order valence-electron chi connectivity index (χ3n) is 5.39. The van der Waals surface area contributed by atoms with Gasteiger partial charge in [-0.05, 0) is 51.0 Å². The Morgan fingerprint density at radius 2 is 1.46 bits per heavy atom. The molecular formula is C19H29N3O3S. The van der Waals surface area contributed by atoms with E-state index in [9.17, 15) is 13.2 Å². The normalized spacial score (nSPS) is 20.5. The van der Waals surface area contributed by atoms with Crippen LogP contribution in [0.5, 0.6) is 0 Å². The van der Waals surface area contributed by atoms with Gasteiger partial charge in [0.25, 0.3) is 5.91 Å². The summed E-state index contributed by atoms with van der Waals surface area (Å²) in [5, 5.41) is 0. The predicted octanol–water partition coefficient (Wildman–Crippen LogP) is 2.03. The van der Waals surface area contributed by atoms with E-state index in [-0.39, 0.29) is 10.8 Å². The van der Waals surface area contributed by atoms with Crippen LogP contribution in [0.1, 0.15) is 43.5 Å². The molecule has 1 aromatic carbocycles. The van der Waals surface area contributed by atoms with Gasteiger partial charge in [-0.1, -0.05) is 6.42 Å². The molecule has 2 saturated heterocycles. The van der Waals surface area contributed by atoms with Gasteiger partial charge in [-0.15, -0.1) is 0 Å². The smallest absolute Gasteiger partial charge is 0.253 e. The monoisotopic (exact) mass is 379 g/mol. The third kappa shape index (κ3) is 4.10. The van der Waals surface area contributed by atoms with E-state index in [1.54, 1.807) is 28.6 Å². The zero-order valence-electron chi connectivity index (χ0n) is 15.7. The molecule has 0 bridgehead atoms. The fourth-order valence-corrected chi connectivity index (χ4v) is 5.16. The Morgan fingerprint density at radius 1 is 0.885 bits per heavy atom. The Morgan fingerprint density at radius 3 is 2.00 bits per heavy atom. The summed E-state index contributed by atoms with van der Waals surface area (Å²) in [5.41, 5.74) is 0.556.